The van der Waals surface area contributed by atoms with Crippen LogP contribution in [0.15, 0.2) is 18.2 Å². The van der Waals surface area contributed by atoms with E-state index in [1.807, 2.05) is 6.92 Å². The molecule has 0 fully saturated rings. The highest BCUT2D eigenvalue weighted by molar-refractivity contribution is 5.62. The van der Waals surface area contributed by atoms with E-state index in [0.29, 0.717) is 17.5 Å². The lowest BCUT2D eigenvalue weighted by Crippen LogP contribution is -2.05. The van der Waals surface area contributed by atoms with Crippen LogP contribution in [-0.4, -0.2) is 12.9 Å². The molecular formula is C12H14F2O2. The van der Waals surface area contributed by atoms with Crippen molar-refractivity contribution in [1.29, 1.82) is 0 Å². The summed E-state index contributed by atoms with van der Waals surface area (Å²) < 4.78 is 28.7. The molecule has 4 heteroatoms. The molecule has 0 radical (unpaired) electrons. The minimum absolute atomic E-state index is 0.156. The van der Waals surface area contributed by atoms with Crippen LogP contribution < -0.4 is 4.74 Å². The monoisotopic (exact) mass is 228 g/mol. The fraction of sp³-hybridized carbons (Fsp3) is 0.417. The Hall–Kier alpha value is -1.45. The van der Waals surface area contributed by atoms with Gasteiger partial charge in [0.2, 0.25) is 0 Å². The Balaban J connectivity index is 3.05. The van der Waals surface area contributed by atoms with Crippen LogP contribution in [0.3, 0.4) is 0 Å². The largest absolute Gasteiger partial charge is 0.435 e. The molecule has 0 aromatic heterocycles. The lowest BCUT2D eigenvalue weighted by Gasteiger charge is -2.12. The molecule has 0 spiro atoms. The molecule has 0 aliphatic rings. The number of ether oxygens (including phenoxy) is 1. The van der Waals surface area contributed by atoms with Gasteiger partial charge in [-0.1, -0.05) is 26.0 Å². The molecular weight excluding hydrogens is 214 g/mol. The molecule has 1 rings (SSSR count). The second-order valence-corrected chi connectivity index (χ2v) is 3.52. The maximum absolute atomic E-state index is 12.2. The van der Waals surface area contributed by atoms with E-state index >= 15 is 0 Å². The van der Waals surface area contributed by atoms with Gasteiger partial charge in [-0.05, 0) is 23.6 Å². The van der Waals surface area contributed by atoms with Gasteiger partial charge in [0, 0.05) is 5.92 Å². The number of hydrogen-bond acceptors (Lipinski definition) is 2. The lowest BCUT2D eigenvalue weighted by molar-refractivity contribution is -0.108. The van der Waals surface area contributed by atoms with Gasteiger partial charge < -0.3 is 9.53 Å². The molecule has 1 aromatic rings. The van der Waals surface area contributed by atoms with Gasteiger partial charge in [-0.3, -0.25) is 0 Å². The molecule has 0 aliphatic heterocycles. The van der Waals surface area contributed by atoms with Crippen LogP contribution in [-0.2, 0) is 11.2 Å². The van der Waals surface area contributed by atoms with E-state index in [2.05, 4.69) is 4.74 Å². The summed E-state index contributed by atoms with van der Waals surface area (Å²) in [5, 5.41) is 0. The topological polar surface area (TPSA) is 26.3 Å². The van der Waals surface area contributed by atoms with Gasteiger partial charge in [-0.15, -0.1) is 0 Å². The molecule has 2 nitrogen and oxygen atoms in total. The van der Waals surface area contributed by atoms with Crippen molar-refractivity contribution in [2.75, 3.05) is 0 Å². The van der Waals surface area contributed by atoms with Gasteiger partial charge in [0.05, 0.1) is 0 Å². The second kappa shape index (κ2) is 5.58. The average molecular weight is 228 g/mol. The zero-order valence-electron chi connectivity index (χ0n) is 9.24. The van der Waals surface area contributed by atoms with Gasteiger partial charge >= 0.3 is 6.61 Å². The van der Waals surface area contributed by atoms with Crippen molar-refractivity contribution >= 4 is 6.29 Å². The Morgan fingerprint density at radius 1 is 1.44 bits per heavy atom. The fourth-order valence-electron chi connectivity index (χ4n) is 1.43. The maximum atomic E-state index is 12.2. The molecule has 0 N–H and O–H groups in total. The van der Waals surface area contributed by atoms with Crippen molar-refractivity contribution in [1.82, 2.24) is 0 Å². The zero-order valence-corrected chi connectivity index (χ0v) is 9.24. The highest BCUT2D eigenvalue weighted by atomic mass is 19.3. The fourth-order valence-corrected chi connectivity index (χ4v) is 1.43. The van der Waals surface area contributed by atoms with Crippen molar-refractivity contribution in [2.45, 2.75) is 32.8 Å². The summed E-state index contributed by atoms with van der Waals surface area (Å²) in [6, 6.07) is 4.98. The van der Waals surface area contributed by atoms with Gasteiger partial charge in [0.25, 0.3) is 0 Å². The lowest BCUT2D eigenvalue weighted by atomic mass is 10.00. The van der Waals surface area contributed by atoms with E-state index in [0.717, 1.165) is 6.29 Å². The van der Waals surface area contributed by atoms with Gasteiger partial charge in [-0.2, -0.15) is 8.78 Å². The van der Waals surface area contributed by atoms with Gasteiger partial charge in [0.1, 0.15) is 12.0 Å². The zero-order chi connectivity index (χ0) is 12.1. The molecule has 1 atom stereocenters. The molecule has 88 valence electrons. The summed E-state index contributed by atoms with van der Waals surface area (Å²) in [5.74, 6) is -0.158. The number of carbonyl (C=O) groups excluding carboxylic acids is 1. The average Bonchev–Trinajstić information content (AvgIpc) is 2.27. The Labute approximate surface area is 93.2 Å². The summed E-state index contributed by atoms with van der Waals surface area (Å²) in [7, 11) is 0. The highest BCUT2D eigenvalue weighted by Gasteiger charge is 2.12. The predicted molar refractivity (Wildman–Crippen MR) is 56.9 cm³/mol. The number of halogens is 2. The Morgan fingerprint density at radius 3 is 2.62 bits per heavy atom. The van der Waals surface area contributed by atoms with Crippen LogP contribution in [0.4, 0.5) is 8.78 Å². The highest BCUT2D eigenvalue weighted by Crippen LogP contribution is 2.26. The molecule has 16 heavy (non-hydrogen) atoms. The summed E-state index contributed by atoms with van der Waals surface area (Å²) in [6.45, 7) is 0.725. The number of benzene rings is 1. The third-order valence-electron chi connectivity index (χ3n) is 2.42. The number of rotatable bonds is 5. The molecule has 0 amide bonds. The second-order valence-electron chi connectivity index (χ2n) is 3.52. The molecule has 0 heterocycles. The molecule has 1 unspecified atom stereocenters. The Morgan fingerprint density at radius 2 is 2.12 bits per heavy atom. The quantitative estimate of drug-likeness (QED) is 0.723. The summed E-state index contributed by atoms with van der Waals surface area (Å²) in [4.78, 5) is 10.6. The van der Waals surface area contributed by atoms with E-state index in [-0.39, 0.29) is 11.7 Å². The first-order valence-corrected chi connectivity index (χ1v) is 5.11. The van der Waals surface area contributed by atoms with Crippen LogP contribution in [0.2, 0.25) is 0 Å². The third kappa shape index (κ3) is 3.02. The van der Waals surface area contributed by atoms with Crippen LogP contribution in [0.5, 0.6) is 5.75 Å². The summed E-state index contributed by atoms with van der Waals surface area (Å²) in [5.41, 5.74) is 1.39. The number of carbonyl (C=O) groups is 1. The van der Waals surface area contributed by atoms with Crippen LogP contribution in [0.1, 0.15) is 30.9 Å². The molecule has 0 bridgehead atoms. The number of alkyl halides is 2. The van der Waals surface area contributed by atoms with Crippen molar-refractivity contribution in [3.05, 3.63) is 29.3 Å². The first-order valence-electron chi connectivity index (χ1n) is 5.11. The number of aldehydes is 1. The van der Waals surface area contributed by atoms with Crippen molar-refractivity contribution in [3.63, 3.8) is 0 Å². The maximum Gasteiger partial charge on any atom is 0.387 e. The first-order chi connectivity index (χ1) is 7.58. The normalized spacial score (nSPS) is 12.6. The first kappa shape index (κ1) is 12.6. The van der Waals surface area contributed by atoms with E-state index in [1.165, 1.54) is 6.07 Å². The van der Waals surface area contributed by atoms with Gasteiger partial charge in [0.15, 0.2) is 0 Å². The van der Waals surface area contributed by atoms with E-state index in [9.17, 15) is 13.6 Å². The third-order valence-corrected chi connectivity index (χ3v) is 2.42. The number of hydrogen-bond donors (Lipinski definition) is 0. The van der Waals surface area contributed by atoms with E-state index in [1.54, 1.807) is 19.1 Å². The molecule has 0 saturated carbocycles. The summed E-state index contributed by atoms with van der Waals surface area (Å²) in [6.07, 6.45) is 1.38. The van der Waals surface area contributed by atoms with Crippen LogP contribution in [0.25, 0.3) is 0 Å². The SMILES string of the molecule is CCc1ccc(C(C)C=O)cc1OC(F)F. The standard InChI is InChI=1S/C12H14F2O2/c1-3-9-4-5-10(8(2)7-15)6-11(9)16-12(13)14/h4-8,12H,3H2,1-2H3. The summed E-state index contributed by atoms with van der Waals surface area (Å²) >= 11 is 0. The van der Waals surface area contributed by atoms with E-state index in [4.69, 9.17) is 0 Å². The molecule has 1 aromatic carbocycles. The molecule has 0 aliphatic carbocycles. The van der Waals surface area contributed by atoms with Crippen molar-refractivity contribution in [3.8, 4) is 5.75 Å². The van der Waals surface area contributed by atoms with Gasteiger partial charge in [-0.25, -0.2) is 0 Å². The van der Waals surface area contributed by atoms with Crippen molar-refractivity contribution < 1.29 is 18.3 Å². The Bertz CT molecular complexity index is 364. The van der Waals surface area contributed by atoms with Crippen molar-refractivity contribution in [2.24, 2.45) is 0 Å². The number of aryl methyl sites for hydroxylation is 1. The van der Waals surface area contributed by atoms with Crippen LogP contribution >= 0.6 is 0 Å². The van der Waals surface area contributed by atoms with Crippen LogP contribution in [0, 0.1) is 0 Å². The minimum atomic E-state index is -2.84. The molecule has 0 saturated heterocycles. The minimum Gasteiger partial charge on any atom is -0.435 e. The van der Waals surface area contributed by atoms with E-state index < -0.39 is 6.61 Å². The predicted octanol–water partition coefficient (Wildman–Crippen LogP) is 3.15. The Kier molecular flexibility index (Phi) is 4.40. The smallest absolute Gasteiger partial charge is 0.387 e.